The average Bonchev–Trinajstić information content (AvgIpc) is 3.18. The Labute approximate surface area is 192 Å². The Bertz CT molecular complexity index is 1100. The monoisotopic (exact) mass is 451 g/mol. The summed E-state index contributed by atoms with van der Waals surface area (Å²) in [5, 5.41) is 6.03. The summed E-state index contributed by atoms with van der Waals surface area (Å²) < 4.78 is 10.6. The molecular weight excluding hydrogens is 422 g/mol. The van der Waals surface area contributed by atoms with E-state index in [-0.39, 0.29) is 19.6 Å². The van der Waals surface area contributed by atoms with Gasteiger partial charge in [0.25, 0.3) is 0 Å². The lowest BCUT2D eigenvalue weighted by Crippen LogP contribution is -2.47. The summed E-state index contributed by atoms with van der Waals surface area (Å²) in [5.41, 5.74) is 1.96. The maximum atomic E-state index is 12.9. The van der Waals surface area contributed by atoms with Crippen molar-refractivity contribution in [3.8, 4) is 0 Å². The number of hydrogen-bond donors (Lipinski definition) is 3. The molecule has 0 fully saturated rings. The third-order valence-electron chi connectivity index (χ3n) is 4.73. The molecule has 0 spiro atoms. The van der Waals surface area contributed by atoms with Gasteiger partial charge in [0.05, 0.1) is 0 Å². The second-order valence-electron chi connectivity index (χ2n) is 8.63. The molecule has 3 rings (SSSR count). The van der Waals surface area contributed by atoms with E-state index >= 15 is 0 Å². The van der Waals surface area contributed by atoms with E-state index in [4.69, 9.17) is 9.47 Å². The van der Waals surface area contributed by atoms with Gasteiger partial charge in [-0.1, -0.05) is 48.5 Å². The molecule has 0 saturated carbocycles. The number of alkyl carbamates (subject to hydrolysis) is 1. The summed E-state index contributed by atoms with van der Waals surface area (Å²) in [6.45, 7) is 4.95. The Hall–Kier alpha value is -3.81. The van der Waals surface area contributed by atoms with Gasteiger partial charge in [-0.2, -0.15) is 0 Å². The predicted octanol–water partition coefficient (Wildman–Crippen LogP) is 3.46. The number of benzene rings is 2. The molecule has 8 nitrogen and oxygen atoms in total. The Kier molecular flexibility index (Phi) is 7.71. The van der Waals surface area contributed by atoms with Crippen LogP contribution in [0.15, 0.2) is 60.8 Å². The second kappa shape index (κ2) is 10.7. The van der Waals surface area contributed by atoms with Gasteiger partial charge in [0.1, 0.15) is 24.8 Å². The average molecular weight is 452 g/mol. The van der Waals surface area contributed by atoms with Crippen molar-refractivity contribution >= 4 is 28.9 Å². The number of H-pyrrole nitrogens is 1. The first-order chi connectivity index (χ1) is 15.7. The third kappa shape index (κ3) is 7.38. The summed E-state index contributed by atoms with van der Waals surface area (Å²) >= 11 is 0. The molecule has 1 atom stereocenters. The predicted molar refractivity (Wildman–Crippen MR) is 124 cm³/mol. The smallest absolute Gasteiger partial charge is 0.408 e. The van der Waals surface area contributed by atoms with Gasteiger partial charge in [-0.3, -0.25) is 4.79 Å². The summed E-state index contributed by atoms with van der Waals surface area (Å²) in [5.74, 6) is -1.09. The number of para-hydroxylation sites is 1. The van der Waals surface area contributed by atoms with Gasteiger partial charge in [0.15, 0.2) is 0 Å². The molecule has 8 heteroatoms. The van der Waals surface area contributed by atoms with E-state index in [1.807, 2.05) is 60.8 Å². The maximum Gasteiger partial charge on any atom is 0.408 e. The molecule has 33 heavy (non-hydrogen) atoms. The Balaban J connectivity index is 1.67. The fourth-order valence-corrected chi connectivity index (χ4v) is 3.25. The first kappa shape index (κ1) is 23.8. The number of hydrogen-bond acceptors (Lipinski definition) is 5. The van der Waals surface area contributed by atoms with E-state index in [0.717, 1.165) is 22.0 Å². The van der Waals surface area contributed by atoms with Crippen molar-refractivity contribution in [2.75, 3.05) is 6.54 Å². The van der Waals surface area contributed by atoms with Crippen LogP contribution in [0, 0.1) is 0 Å². The van der Waals surface area contributed by atoms with E-state index in [2.05, 4.69) is 15.6 Å². The first-order valence-corrected chi connectivity index (χ1v) is 10.7. The van der Waals surface area contributed by atoms with E-state index < -0.39 is 29.6 Å². The lowest BCUT2D eigenvalue weighted by molar-refractivity contribution is -0.149. The number of rotatable bonds is 8. The lowest BCUT2D eigenvalue weighted by atomic mass is 10.0. The minimum absolute atomic E-state index is 0.0933. The number of carbonyl (C=O) groups excluding carboxylic acids is 3. The number of carbonyl (C=O) groups is 3. The van der Waals surface area contributed by atoms with Crippen LogP contribution in [-0.4, -0.2) is 41.1 Å². The van der Waals surface area contributed by atoms with E-state index in [9.17, 15) is 14.4 Å². The summed E-state index contributed by atoms with van der Waals surface area (Å²) in [6.07, 6.45) is 1.33. The molecule has 0 saturated heterocycles. The highest BCUT2D eigenvalue weighted by Gasteiger charge is 2.25. The normalized spacial score (nSPS) is 12.1. The van der Waals surface area contributed by atoms with Gasteiger partial charge in [0, 0.05) is 23.5 Å². The van der Waals surface area contributed by atoms with Crippen molar-refractivity contribution < 1.29 is 23.9 Å². The fourth-order valence-electron chi connectivity index (χ4n) is 3.25. The van der Waals surface area contributed by atoms with Crippen molar-refractivity contribution in [1.82, 2.24) is 15.6 Å². The van der Waals surface area contributed by atoms with Gasteiger partial charge >= 0.3 is 12.1 Å². The quantitative estimate of drug-likeness (QED) is 0.455. The van der Waals surface area contributed by atoms with Crippen LogP contribution < -0.4 is 10.6 Å². The van der Waals surface area contributed by atoms with E-state index in [0.29, 0.717) is 0 Å². The fraction of sp³-hybridized carbons (Fsp3) is 0.320. The van der Waals surface area contributed by atoms with Crippen LogP contribution >= 0.6 is 0 Å². The van der Waals surface area contributed by atoms with Crippen LogP contribution in [0.3, 0.4) is 0 Å². The number of aromatic amines is 1. The van der Waals surface area contributed by atoms with Gasteiger partial charge in [-0.25, -0.2) is 9.59 Å². The van der Waals surface area contributed by atoms with E-state index in [1.54, 1.807) is 20.8 Å². The van der Waals surface area contributed by atoms with E-state index in [1.165, 1.54) is 0 Å². The number of nitrogens with one attached hydrogen (secondary N) is 3. The van der Waals surface area contributed by atoms with Crippen LogP contribution in [0.1, 0.15) is 31.9 Å². The first-order valence-electron chi connectivity index (χ1n) is 10.7. The minimum atomic E-state index is -0.930. The molecule has 174 valence electrons. The summed E-state index contributed by atoms with van der Waals surface area (Å²) in [7, 11) is 0. The second-order valence-corrected chi connectivity index (χ2v) is 8.63. The molecular formula is C25H29N3O5. The molecule has 3 aromatic rings. The van der Waals surface area contributed by atoms with Crippen LogP contribution in [0.4, 0.5) is 4.79 Å². The Morgan fingerprint density at radius 1 is 1.00 bits per heavy atom. The number of amides is 2. The molecule has 0 aliphatic rings. The van der Waals surface area contributed by atoms with Crippen molar-refractivity contribution in [3.05, 3.63) is 71.9 Å². The van der Waals surface area contributed by atoms with Crippen LogP contribution in [0.2, 0.25) is 0 Å². The Morgan fingerprint density at radius 2 is 1.70 bits per heavy atom. The molecule has 0 aliphatic carbocycles. The topological polar surface area (TPSA) is 110 Å². The third-order valence-corrected chi connectivity index (χ3v) is 4.73. The highest BCUT2D eigenvalue weighted by atomic mass is 16.6. The van der Waals surface area contributed by atoms with Gasteiger partial charge in [-0.15, -0.1) is 0 Å². The lowest BCUT2D eigenvalue weighted by Gasteiger charge is -2.20. The van der Waals surface area contributed by atoms with Crippen molar-refractivity contribution in [3.63, 3.8) is 0 Å². The summed E-state index contributed by atoms with van der Waals surface area (Å²) in [6, 6.07) is 16.1. The molecule has 0 aliphatic heterocycles. The van der Waals surface area contributed by atoms with Gasteiger partial charge in [0.2, 0.25) is 5.91 Å². The minimum Gasteiger partial charge on any atom is -0.459 e. The SMILES string of the molecule is CC(C)(C)OC(=O)NCC(=O)N[C@@H](Cc1c[nH]c2ccccc12)C(=O)OCc1ccccc1. The largest absolute Gasteiger partial charge is 0.459 e. The van der Waals surface area contributed by atoms with Crippen molar-refractivity contribution in [2.45, 2.75) is 45.4 Å². The number of aromatic nitrogens is 1. The van der Waals surface area contributed by atoms with Gasteiger partial charge < -0.3 is 25.1 Å². The molecule has 3 N–H and O–H groups in total. The molecule has 2 amide bonds. The zero-order valence-electron chi connectivity index (χ0n) is 19.0. The van der Waals surface area contributed by atoms with Crippen molar-refractivity contribution in [1.29, 1.82) is 0 Å². The van der Waals surface area contributed by atoms with Crippen LogP contribution in [0.5, 0.6) is 0 Å². The zero-order valence-corrected chi connectivity index (χ0v) is 19.0. The molecule has 1 heterocycles. The molecule has 0 radical (unpaired) electrons. The number of esters is 1. The molecule has 1 aromatic heterocycles. The zero-order chi connectivity index (χ0) is 23.8. The van der Waals surface area contributed by atoms with Gasteiger partial charge in [-0.05, 0) is 38.0 Å². The highest BCUT2D eigenvalue weighted by molar-refractivity contribution is 5.89. The maximum absolute atomic E-state index is 12.9. The van der Waals surface area contributed by atoms with Crippen LogP contribution in [0.25, 0.3) is 10.9 Å². The highest BCUT2D eigenvalue weighted by Crippen LogP contribution is 2.19. The number of ether oxygens (including phenoxy) is 2. The Morgan fingerprint density at radius 3 is 2.42 bits per heavy atom. The number of fused-ring (bicyclic) bond motifs is 1. The molecule has 0 unspecified atom stereocenters. The molecule has 2 aromatic carbocycles. The molecule has 0 bridgehead atoms. The van der Waals surface area contributed by atoms with Crippen LogP contribution in [-0.2, 0) is 32.1 Å². The van der Waals surface area contributed by atoms with Crippen molar-refractivity contribution in [2.24, 2.45) is 0 Å². The summed E-state index contributed by atoms with van der Waals surface area (Å²) in [4.78, 5) is 40.4. The standard InChI is InChI=1S/C25H29N3O5/c1-25(2,3)33-24(31)27-15-22(29)28-21(23(30)32-16-17-9-5-4-6-10-17)13-18-14-26-20-12-8-7-11-19(18)20/h4-12,14,21,26H,13,15-16H2,1-3H3,(H,27,31)(H,28,29)/t21-/m0/s1.